The van der Waals surface area contributed by atoms with Crippen LogP contribution in [0.25, 0.3) is 26.5 Å². The molecule has 1 aliphatic carbocycles. The number of nitrogens with one attached hydrogen (secondary N) is 1. The maximum Gasteiger partial charge on any atom is 0.138 e. The number of rotatable bonds is 14. The number of benzene rings is 7. The molecule has 0 saturated heterocycles. The van der Waals surface area contributed by atoms with Gasteiger partial charge < -0.3 is 5.32 Å². The summed E-state index contributed by atoms with van der Waals surface area (Å²) in [7, 11) is 0. The van der Waals surface area contributed by atoms with Crippen molar-refractivity contribution in [3.05, 3.63) is 280 Å². The quantitative estimate of drug-likeness (QED) is 0.0869. The summed E-state index contributed by atoms with van der Waals surface area (Å²) in [4.78, 5) is 8.97. The molecule has 0 amide bonds. The molecular weight excluding hydrogens is 837 g/mol. The molecular formula is C62H54N2S2. The summed E-state index contributed by atoms with van der Waals surface area (Å²) in [5, 5.41) is 3.89. The summed E-state index contributed by atoms with van der Waals surface area (Å²) >= 11 is 3.79. The summed E-state index contributed by atoms with van der Waals surface area (Å²) in [5.41, 5.74) is 14.0. The zero-order chi connectivity index (χ0) is 45.1. The SMILES string of the molecule is C/C=C(\SC(C)c1ccc(C2=CC=C(c3ccc(-c4ccccc4)s3)CC=C2C(C)(Cc2ccc(C(=Nc3ccccc3)Nc3ccccc3)cc2)c2ccccc2)cc1)c1ccccc1. The van der Waals surface area contributed by atoms with E-state index in [2.05, 4.69) is 214 Å². The van der Waals surface area contributed by atoms with Crippen molar-refractivity contribution in [1.82, 2.24) is 0 Å². The lowest BCUT2D eigenvalue weighted by Crippen LogP contribution is -2.29. The van der Waals surface area contributed by atoms with Crippen LogP contribution in [0.15, 0.2) is 247 Å². The van der Waals surface area contributed by atoms with Crippen LogP contribution >= 0.6 is 23.1 Å². The Morgan fingerprint density at radius 2 is 1.24 bits per heavy atom. The highest BCUT2D eigenvalue weighted by molar-refractivity contribution is 8.08. The Kier molecular flexibility index (Phi) is 14.0. The van der Waals surface area contributed by atoms with Gasteiger partial charge in [-0.2, -0.15) is 0 Å². The predicted octanol–water partition coefficient (Wildman–Crippen LogP) is 17.5. The first kappa shape index (κ1) is 44.2. The number of aliphatic imine (C=N–C) groups is 1. The molecule has 2 atom stereocenters. The van der Waals surface area contributed by atoms with E-state index in [0.29, 0.717) is 0 Å². The number of para-hydroxylation sites is 2. The van der Waals surface area contributed by atoms with Crippen molar-refractivity contribution in [2.75, 3.05) is 5.32 Å². The van der Waals surface area contributed by atoms with Gasteiger partial charge in [0.25, 0.3) is 0 Å². The number of hydrogen-bond donors (Lipinski definition) is 1. The number of allylic oxidation sites excluding steroid dienone is 7. The summed E-state index contributed by atoms with van der Waals surface area (Å²) in [6, 6.07) is 75.9. The molecule has 0 fully saturated rings. The normalized spacial score (nSPS) is 14.6. The van der Waals surface area contributed by atoms with Crippen LogP contribution in [0.4, 0.5) is 11.4 Å². The van der Waals surface area contributed by atoms with Crippen molar-refractivity contribution in [1.29, 1.82) is 0 Å². The van der Waals surface area contributed by atoms with Crippen molar-refractivity contribution in [2.45, 2.75) is 44.3 Å². The Balaban J connectivity index is 1.08. The Morgan fingerprint density at radius 1 is 0.636 bits per heavy atom. The molecule has 8 aromatic rings. The number of hydrogen-bond acceptors (Lipinski definition) is 3. The Hall–Kier alpha value is -6.98. The summed E-state index contributed by atoms with van der Waals surface area (Å²) < 4.78 is 0. The number of thiophene rings is 1. The zero-order valence-corrected chi connectivity index (χ0v) is 39.4. The van der Waals surface area contributed by atoms with E-state index < -0.39 is 0 Å². The van der Waals surface area contributed by atoms with E-state index in [1.54, 1.807) is 0 Å². The van der Waals surface area contributed by atoms with Gasteiger partial charge in [-0.25, -0.2) is 4.99 Å². The van der Waals surface area contributed by atoms with Crippen LogP contribution < -0.4 is 5.32 Å². The van der Waals surface area contributed by atoms with Crippen LogP contribution in [0.3, 0.4) is 0 Å². The van der Waals surface area contributed by atoms with E-state index in [-0.39, 0.29) is 10.7 Å². The van der Waals surface area contributed by atoms with E-state index in [4.69, 9.17) is 4.99 Å². The topological polar surface area (TPSA) is 24.4 Å². The minimum atomic E-state index is -0.371. The second-order valence-corrected chi connectivity index (χ2v) is 19.4. The zero-order valence-electron chi connectivity index (χ0n) is 37.8. The van der Waals surface area contributed by atoms with Gasteiger partial charge in [0.2, 0.25) is 0 Å². The number of anilines is 1. The fourth-order valence-electron chi connectivity index (χ4n) is 8.79. The molecule has 0 radical (unpaired) electrons. The molecule has 66 heavy (non-hydrogen) atoms. The Bertz CT molecular complexity index is 3000. The van der Waals surface area contributed by atoms with Gasteiger partial charge in [0.15, 0.2) is 0 Å². The molecule has 0 bridgehead atoms. The molecule has 324 valence electrons. The van der Waals surface area contributed by atoms with Crippen LogP contribution in [0, 0.1) is 0 Å². The lowest BCUT2D eigenvalue weighted by Gasteiger charge is -2.35. The van der Waals surface area contributed by atoms with Crippen molar-refractivity contribution in [3.8, 4) is 10.4 Å². The largest absolute Gasteiger partial charge is 0.340 e. The van der Waals surface area contributed by atoms with Crippen LogP contribution in [-0.2, 0) is 11.8 Å². The number of amidine groups is 1. The molecule has 0 spiro atoms. The minimum Gasteiger partial charge on any atom is -0.340 e. The molecule has 2 unspecified atom stereocenters. The monoisotopic (exact) mass is 890 g/mol. The fraction of sp³-hybridized carbons (Fsp3) is 0.113. The fourth-order valence-corrected chi connectivity index (χ4v) is 10.9. The molecule has 0 aliphatic heterocycles. The lowest BCUT2D eigenvalue weighted by atomic mass is 9.68. The van der Waals surface area contributed by atoms with Crippen molar-refractivity contribution < 1.29 is 0 Å². The van der Waals surface area contributed by atoms with E-state index in [0.717, 1.165) is 35.6 Å². The second-order valence-electron chi connectivity index (χ2n) is 16.9. The molecule has 9 rings (SSSR count). The summed E-state index contributed by atoms with van der Waals surface area (Å²) in [6.45, 7) is 6.89. The third-order valence-electron chi connectivity index (χ3n) is 12.4. The van der Waals surface area contributed by atoms with Gasteiger partial charge in [0, 0.05) is 36.6 Å². The van der Waals surface area contributed by atoms with Crippen LogP contribution in [-0.4, -0.2) is 5.84 Å². The summed E-state index contributed by atoms with van der Waals surface area (Å²) in [5.74, 6) is 0.808. The highest BCUT2D eigenvalue weighted by Crippen LogP contribution is 2.46. The predicted molar refractivity (Wildman–Crippen MR) is 288 cm³/mol. The molecule has 1 heterocycles. The average molecular weight is 891 g/mol. The summed E-state index contributed by atoms with van der Waals surface area (Å²) in [6.07, 6.45) is 11.2. The maximum absolute atomic E-state index is 5.08. The first-order valence-electron chi connectivity index (χ1n) is 22.8. The van der Waals surface area contributed by atoms with E-state index in [1.807, 2.05) is 71.6 Å². The molecule has 1 aliphatic rings. The van der Waals surface area contributed by atoms with Crippen LogP contribution in [0.2, 0.25) is 0 Å². The van der Waals surface area contributed by atoms with Crippen molar-refractivity contribution in [3.63, 3.8) is 0 Å². The van der Waals surface area contributed by atoms with Gasteiger partial charge in [-0.05, 0) is 113 Å². The van der Waals surface area contributed by atoms with E-state index >= 15 is 0 Å². The van der Waals surface area contributed by atoms with Gasteiger partial charge in [-0.15, -0.1) is 23.1 Å². The Morgan fingerprint density at radius 3 is 1.91 bits per heavy atom. The van der Waals surface area contributed by atoms with Crippen molar-refractivity contribution >= 4 is 56.4 Å². The van der Waals surface area contributed by atoms with Crippen molar-refractivity contribution in [2.24, 2.45) is 4.99 Å². The van der Waals surface area contributed by atoms with E-state index in [1.165, 1.54) is 64.8 Å². The molecule has 0 saturated carbocycles. The first-order valence-corrected chi connectivity index (χ1v) is 24.5. The third kappa shape index (κ3) is 10.4. The maximum atomic E-state index is 5.08. The number of nitrogens with zero attached hydrogens (tertiary/aromatic N) is 1. The first-order chi connectivity index (χ1) is 32.4. The molecule has 1 N–H and O–H groups in total. The van der Waals surface area contributed by atoms with Gasteiger partial charge >= 0.3 is 0 Å². The standard InChI is InChI=1S/C62H54N2S2/c1-4-58(49-20-10-5-11-21-49)65-45(2)47-34-36-48(37-35-47)56-40-38-51(60-43-42-59(66-60)50-22-12-6-13-23-50)39-41-57(56)62(3,53-24-14-7-15-25-53)44-46-30-32-52(33-31-46)61(63-54-26-16-8-17-27-54)64-55-28-18-9-19-29-55/h4-38,40-43,45H,39,44H2,1-3H3,(H,63,64)/b58-4-. The molecule has 2 nitrogen and oxygen atoms in total. The molecule has 7 aromatic carbocycles. The second kappa shape index (κ2) is 20.9. The van der Waals surface area contributed by atoms with Crippen LogP contribution in [0.1, 0.15) is 70.7 Å². The third-order valence-corrected chi connectivity index (χ3v) is 14.9. The van der Waals surface area contributed by atoms with Crippen LogP contribution in [0.5, 0.6) is 0 Å². The highest BCUT2D eigenvalue weighted by Gasteiger charge is 2.34. The lowest BCUT2D eigenvalue weighted by molar-refractivity contribution is 0.568. The van der Waals surface area contributed by atoms with Gasteiger partial charge in [-0.1, -0.05) is 207 Å². The molecule has 4 heteroatoms. The number of thioether (sulfide) groups is 1. The van der Waals surface area contributed by atoms with E-state index in [9.17, 15) is 0 Å². The molecule has 1 aromatic heterocycles. The smallest absolute Gasteiger partial charge is 0.138 e. The highest BCUT2D eigenvalue weighted by atomic mass is 32.2. The average Bonchev–Trinajstić information content (AvgIpc) is 3.77. The van der Waals surface area contributed by atoms with Gasteiger partial charge in [0.1, 0.15) is 5.84 Å². The van der Waals surface area contributed by atoms with Gasteiger partial charge in [0.05, 0.1) is 5.69 Å². The Labute approximate surface area is 399 Å². The minimum absolute atomic E-state index is 0.284. The van der Waals surface area contributed by atoms with Gasteiger partial charge in [-0.3, -0.25) is 0 Å².